The van der Waals surface area contributed by atoms with Crippen LogP contribution in [0.2, 0.25) is 0 Å². The van der Waals surface area contributed by atoms with Crippen molar-refractivity contribution in [3.05, 3.63) is 0 Å². The van der Waals surface area contributed by atoms with E-state index in [4.69, 9.17) is 0 Å². The molecule has 0 aliphatic heterocycles. The van der Waals surface area contributed by atoms with Crippen LogP contribution >= 0.6 is 30.4 Å². The molecular formula is C12H28OPS2+. The van der Waals surface area contributed by atoms with E-state index in [0.717, 1.165) is 12.6 Å². The van der Waals surface area contributed by atoms with Crippen molar-refractivity contribution in [3.8, 4) is 0 Å². The lowest BCUT2D eigenvalue weighted by atomic mass is 10.1. The topological polar surface area (TPSA) is 20.2 Å². The van der Waals surface area contributed by atoms with Gasteiger partial charge in [0.25, 0.3) is 5.89 Å². The summed E-state index contributed by atoms with van der Waals surface area (Å²) in [4.78, 5) is 9.38. The molecule has 0 aromatic carbocycles. The second-order valence-electron chi connectivity index (χ2n) is 4.60. The van der Waals surface area contributed by atoms with Crippen molar-refractivity contribution in [2.75, 3.05) is 6.16 Å². The Kier molecular flexibility index (Phi) is 12.0. The minimum absolute atomic E-state index is 0.787. The van der Waals surface area contributed by atoms with Gasteiger partial charge in [0, 0.05) is 24.5 Å². The van der Waals surface area contributed by atoms with Gasteiger partial charge in [-0.2, -0.15) is 0 Å². The summed E-state index contributed by atoms with van der Waals surface area (Å²) in [7, 11) is 0. The first-order valence-electron chi connectivity index (χ1n) is 6.62. The van der Waals surface area contributed by atoms with Gasteiger partial charge in [0.15, 0.2) is 0 Å². The molecule has 0 heterocycles. The van der Waals surface area contributed by atoms with Crippen LogP contribution in [0.25, 0.3) is 0 Å². The van der Waals surface area contributed by atoms with Gasteiger partial charge in [0.1, 0.15) is 6.16 Å². The molecule has 0 saturated carbocycles. The Labute approximate surface area is 113 Å². The van der Waals surface area contributed by atoms with Crippen molar-refractivity contribution in [3.63, 3.8) is 0 Å². The van der Waals surface area contributed by atoms with Crippen molar-refractivity contribution in [2.24, 2.45) is 0 Å². The van der Waals surface area contributed by atoms with E-state index in [0.29, 0.717) is 0 Å². The number of hydrogen-bond acceptors (Lipinski definition) is 3. The van der Waals surface area contributed by atoms with Crippen LogP contribution < -0.4 is 0 Å². The molecule has 0 atom stereocenters. The van der Waals surface area contributed by atoms with E-state index in [1.54, 1.807) is 0 Å². The molecule has 0 aromatic rings. The summed E-state index contributed by atoms with van der Waals surface area (Å²) in [5, 5.41) is 0. The van der Waals surface area contributed by atoms with E-state index in [2.05, 4.69) is 31.4 Å². The standard InChI is InChI=1S/C12H28OPS2/c1-2-3-4-5-6-7-8-9-10-11-12-14(13,15)16/h13,15-16H,2-12H2,1H3/q+1. The molecule has 16 heavy (non-hydrogen) atoms. The zero-order valence-corrected chi connectivity index (χ0v) is 13.3. The van der Waals surface area contributed by atoms with Crippen LogP contribution in [0.4, 0.5) is 0 Å². The normalized spacial score (nSPS) is 12.0. The molecule has 0 amide bonds. The van der Waals surface area contributed by atoms with Crippen LogP contribution in [0.5, 0.6) is 0 Å². The van der Waals surface area contributed by atoms with Crippen LogP contribution in [0.1, 0.15) is 71.1 Å². The van der Waals surface area contributed by atoms with Crippen LogP contribution in [0, 0.1) is 0 Å². The first-order valence-corrected chi connectivity index (χ1v) is 10.9. The fourth-order valence-electron chi connectivity index (χ4n) is 1.81. The molecule has 0 unspecified atom stereocenters. The molecule has 0 aliphatic carbocycles. The highest BCUT2D eigenvalue weighted by Gasteiger charge is 2.24. The molecule has 0 fully saturated rings. The van der Waals surface area contributed by atoms with Crippen LogP contribution in [-0.4, -0.2) is 11.1 Å². The van der Waals surface area contributed by atoms with E-state index in [9.17, 15) is 4.89 Å². The fourth-order valence-corrected chi connectivity index (χ4v) is 3.31. The van der Waals surface area contributed by atoms with Crippen molar-refractivity contribution in [1.29, 1.82) is 0 Å². The number of unbranched alkanes of at least 4 members (excludes halogenated alkanes) is 9. The number of rotatable bonds is 11. The summed E-state index contributed by atoms with van der Waals surface area (Å²) in [5.74, 6) is -2.10. The van der Waals surface area contributed by atoms with Crippen LogP contribution in [0.3, 0.4) is 0 Å². The fraction of sp³-hybridized carbons (Fsp3) is 1.00. The Bertz CT molecular complexity index is 148. The van der Waals surface area contributed by atoms with Gasteiger partial charge in [-0.25, -0.2) is 4.89 Å². The Morgan fingerprint density at radius 1 is 0.750 bits per heavy atom. The third-order valence-corrected chi connectivity index (χ3v) is 4.93. The van der Waals surface area contributed by atoms with Gasteiger partial charge in [-0.1, -0.05) is 58.3 Å². The second kappa shape index (κ2) is 11.2. The molecule has 0 spiro atoms. The largest absolute Gasteiger partial charge is 0.252 e. The summed E-state index contributed by atoms with van der Waals surface area (Å²) in [6, 6.07) is 0. The van der Waals surface area contributed by atoms with E-state index < -0.39 is 5.89 Å². The molecule has 0 saturated heterocycles. The van der Waals surface area contributed by atoms with Gasteiger partial charge in [0.05, 0.1) is 0 Å². The molecule has 4 heteroatoms. The lowest BCUT2D eigenvalue weighted by molar-refractivity contribution is 0.560. The molecule has 98 valence electrons. The van der Waals surface area contributed by atoms with Crippen LogP contribution in [0.15, 0.2) is 0 Å². The van der Waals surface area contributed by atoms with Crippen LogP contribution in [-0.2, 0) is 0 Å². The predicted octanol–water partition coefficient (Wildman–Crippen LogP) is 5.52. The van der Waals surface area contributed by atoms with Gasteiger partial charge >= 0.3 is 0 Å². The van der Waals surface area contributed by atoms with Gasteiger partial charge in [-0.05, 0) is 12.8 Å². The Hall–Kier alpha value is 1.09. The molecule has 1 N–H and O–H groups in total. The summed E-state index contributed by atoms with van der Waals surface area (Å²) >= 11 is 8.15. The van der Waals surface area contributed by atoms with E-state index in [1.807, 2.05) is 0 Å². The number of thiol groups is 2. The lowest BCUT2D eigenvalue weighted by Gasteiger charge is -2.05. The molecule has 0 radical (unpaired) electrons. The summed E-state index contributed by atoms with van der Waals surface area (Å²) < 4.78 is 0. The van der Waals surface area contributed by atoms with Crippen molar-refractivity contribution in [1.82, 2.24) is 0 Å². The molecule has 0 bridgehead atoms. The van der Waals surface area contributed by atoms with Crippen molar-refractivity contribution < 1.29 is 4.89 Å². The van der Waals surface area contributed by atoms with Gasteiger partial charge < -0.3 is 0 Å². The van der Waals surface area contributed by atoms with Crippen molar-refractivity contribution in [2.45, 2.75) is 71.1 Å². The first-order chi connectivity index (χ1) is 7.56. The van der Waals surface area contributed by atoms with Gasteiger partial charge in [-0.15, -0.1) is 0 Å². The summed E-state index contributed by atoms with van der Waals surface area (Å²) in [6.07, 6.45) is 14.1. The average molecular weight is 283 g/mol. The predicted molar refractivity (Wildman–Crippen MR) is 83.8 cm³/mol. The minimum Gasteiger partial charge on any atom is -0.228 e. The van der Waals surface area contributed by atoms with Gasteiger partial charge in [0.2, 0.25) is 0 Å². The summed E-state index contributed by atoms with van der Waals surface area (Å²) in [5.41, 5.74) is 0. The smallest absolute Gasteiger partial charge is 0.228 e. The quantitative estimate of drug-likeness (QED) is 0.259. The molecular weight excluding hydrogens is 255 g/mol. The zero-order chi connectivity index (χ0) is 12.3. The monoisotopic (exact) mass is 283 g/mol. The van der Waals surface area contributed by atoms with E-state index in [1.165, 1.54) is 57.8 Å². The third kappa shape index (κ3) is 15.1. The van der Waals surface area contributed by atoms with E-state index >= 15 is 0 Å². The lowest BCUT2D eigenvalue weighted by Crippen LogP contribution is -1.86. The SMILES string of the molecule is CCCCCCCCCCCC[P+](O)(S)S. The summed E-state index contributed by atoms with van der Waals surface area (Å²) in [6.45, 7) is 2.26. The van der Waals surface area contributed by atoms with E-state index in [-0.39, 0.29) is 0 Å². The Morgan fingerprint density at radius 3 is 1.50 bits per heavy atom. The average Bonchev–Trinajstić information content (AvgIpc) is 2.19. The highest BCUT2D eigenvalue weighted by atomic mass is 33.1. The second-order valence-corrected chi connectivity index (χ2v) is 11.3. The number of hydrogen-bond donors (Lipinski definition) is 3. The Morgan fingerprint density at radius 2 is 1.12 bits per heavy atom. The highest BCUT2D eigenvalue weighted by molar-refractivity contribution is 8.83. The maximum absolute atomic E-state index is 9.38. The minimum atomic E-state index is -2.10. The third-order valence-electron chi connectivity index (χ3n) is 2.81. The zero-order valence-electron chi connectivity index (χ0n) is 10.6. The van der Waals surface area contributed by atoms with Gasteiger partial charge in [-0.3, -0.25) is 0 Å². The first kappa shape index (κ1) is 17.1. The Balaban J connectivity index is 2.99. The molecule has 0 aliphatic rings. The highest BCUT2D eigenvalue weighted by Crippen LogP contribution is 2.64. The maximum Gasteiger partial charge on any atom is 0.252 e. The molecule has 0 rings (SSSR count). The maximum atomic E-state index is 9.38. The molecule has 0 aromatic heterocycles. The van der Waals surface area contributed by atoms with Crippen molar-refractivity contribution >= 4 is 30.4 Å². The molecule has 1 nitrogen and oxygen atoms in total.